The summed E-state index contributed by atoms with van der Waals surface area (Å²) < 4.78 is 1.57. The molecule has 1 N–H and O–H groups in total. The number of carbonyl (C=O) groups excluding carboxylic acids is 1. The first-order valence-corrected chi connectivity index (χ1v) is 12.6. The van der Waals surface area contributed by atoms with E-state index in [0.717, 1.165) is 27.5 Å². The van der Waals surface area contributed by atoms with Crippen molar-refractivity contribution in [1.29, 1.82) is 0 Å². The number of fused-ring (bicyclic) bond motifs is 1. The van der Waals surface area contributed by atoms with E-state index in [2.05, 4.69) is 28.4 Å². The van der Waals surface area contributed by atoms with Gasteiger partial charge >= 0.3 is 5.69 Å². The number of anilines is 1. The number of carbonyl (C=O) groups is 1. The van der Waals surface area contributed by atoms with Gasteiger partial charge in [-0.2, -0.15) is 0 Å². The van der Waals surface area contributed by atoms with Crippen LogP contribution in [0.5, 0.6) is 0 Å². The number of benzene rings is 3. The Hall–Kier alpha value is -3.23. The van der Waals surface area contributed by atoms with Crippen LogP contribution >= 0.6 is 23.5 Å². The van der Waals surface area contributed by atoms with Crippen molar-refractivity contribution in [3.8, 4) is 0 Å². The highest BCUT2D eigenvalue weighted by molar-refractivity contribution is 8.00. The Balaban J connectivity index is 1.39. The minimum Gasteiger partial charge on any atom is -0.302 e. The lowest BCUT2D eigenvalue weighted by atomic mass is 10.1. The molecule has 1 aliphatic rings. The molecule has 6 nitrogen and oxygen atoms in total. The predicted octanol–water partition coefficient (Wildman–Crippen LogP) is 4.59. The summed E-state index contributed by atoms with van der Waals surface area (Å²) in [5.41, 5.74) is 2.76. The molecule has 166 valence electrons. The normalized spacial score (nSPS) is 15.3. The van der Waals surface area contributed by atoms with Gasteiger partial charge in [0.2, 0.25) is 5.91 Å². The Morgan fingerprint density at radius 1 is 1.00 bits per heavy atom. The third-order valence-electron chi connectivity index (χ3n) is 5.52. The zero-order valence-electron chi connectivity index (χ0n) is 17.8. The molecule has 3 aromatic carbocycles. The molecular formula is C25H22N4O2S2. The number of hydrogen-bond donors (Lipinski definition) is 1. The minimum atomic E-state index is -0.282. The van der Waals surface area contributed by atoms with E-state index in [1.54, 1.807) is 16.3 Å². The van der Waals surface area contributed by atoms with E-state index in [4.69, 9.17) is 0 Å². The molecule has 1 amide bonds. The van der Waals surface area contributed by atoms with Gasteiger partial charge in [-0.05, 0) is 23.3 Å². The van der Waals surface area contributed by atoms with E-state index < -0.39 is 0 Å². The highest BCUT2D eigenvalue weighted by Crippen LogP contribution is 2.43. The average Bonchev–Trinajstić information content (AvgIpc) is 3.21. The summed E-state index contributed by atoms with van der Waals surface area (Å²) in [4.78, 5) is 28.9. The Morgan fingerprint density at radius 3 is 2.48 bits per heavy atom. The van der Waals surface area contributed by atoms with Crippen LogP contribution in [0, 0.1) is 0 Å². The molecule has 0 saturated heterocycles. The number of rotatable bonds is 6. The van der Waals surface area contributed by atoms with E-state index >= 15 is 0 Å². The molecule has 1 aromatic heterocycles. The van der Waals surface area contributed by atoms with Crippen LogP contribution < -0.4 is 10.6 Å². The van der Waals surface area contributed by atoms with E-state index in [1.807, 2.05) is 71.6 Å². The summed E-state index contributed by atoms with van der Waals surface area (Å²) in [6, 6.07) is 27.8. The van der Waals surface area contributed by atoms with Crippen LogP contribution in [0.3, 0.4) is 0 Å². The van der Waals surface area contributed by atoms with Gasteiger partial charge in [-0.25, -0.2) is 9.89 Å². The second-order valence-corrected chi connectivity index (χ2v) is 9.65. The van der Waals surface area contributed by atoms with Crippen LogP contribution in [0.1, 0.15) is 17.2 Å². The third kappa shape index (κ3) is 4.62. The number of nitrogens with one attached hydrogen (secondary N) is 1. The lowest BCUT2D eigenvalue weighted by molar-refractivity contribution is -0.116. The molecule has 1 atom stereocenters. The first-order chi connectivity index (χ1) is 16.2. The number of aromatic nitrogens is 3. The highest BCUT2D eigenvalue weighted by atomic mass is 32.2. The summed E-state index contributed by atoms with van der Waals surface area (Å²) in [5.74, 6) is 0.961. The fourth-order valence-electron chi connectivity index (χ4n) is 3.93. The number of para-hydroxylation sites is 1. The number of aromatic amines is 1. The molecule has 0 saturated carbocycles. The standard InChI is InChI=1S/C25H22N4O2S2/c30-23(17-33-25-27-26-24(31)28(25)15-18-9-3-1-4-10-18)29-20-13-7-8-14-22(20)32-16-21(29)19-11-5-2-6-12-19/h1-14,21H,15-17H2,(H,26,31)/t21-/m0/s1. The van der Waals surface area contributed by atoms with Gasteiger partial charge in [0.05, 0.1) is 24.0 Å². The van der Waals surface area contributed by atoms with Crippen LogP contribution in [0.2, 0.25) is 0 Å². The second-order valence-electron chi connectivity index (χ2n) is 7.64. The zero-order valence-corrected chi connectivity index (χ0v) is 19.4. The molecule has 0 bridgehead atoms. The zero-order chi connectivity index (χ0) is 22.6. The van der Waals surface area contributed by atoms with Crippen molar-refractivity contribution in [2.75, 3.05) is 16.4 Å². The van der Waals surface area contributed by atoms with Crippen LogP contribution in [0.25, 0.3) is 0 Å². The van der Waals surface area contributed by atoms with Crippen LogP contribution in [-0.4, -0.2) is 32.2 Å². The molecule has 1 aliphatic heterocycles. The van der Waals surface area contributed by atoms with E-state index in [-0.39, 0.29) is 23.4 Å². The Morgan fingerprint density at radius 2 is 1.70 bits per heavy atom. The van der Waals surface area contributed by atoms with Gasteiger partial charge in [0, 0.05) is 10.6 Å². The quantitative estimate of drug-likeness (QED) is 0.414. The maximum absolute atomic E-state index is 13.6. The fraction of sp³-hybridized carbons (Fsp3) is 0.160. The van der Waals surface area contributed by atoms with Crippen molar-refractivity contribution < 1.29 is 4.79 Å². The van der Waals surface area contributed by atoms with Crippen molar-refractivity contribution in [2.45, 2.75) is 22.6 Å². The van der Waals surface area contributed by atoms with Crippen LogP contribution in [0.4, 0.5) is 5.69 Å². The number of nitrogens with zero attached hydrogens (tertiary/aromatic N) is 3. The Kier molecular flexibility index (Phi) is 6.37. The molecule has 0 fully saturated rings. The maximum atomic E-state index is 13.6. The maximum Gasteiger partial charge on any atom is 0.344 e. The van der Waals surface area contributed by atoms with Crippen molar-refractivity contribution in [3.05, 3.63) is 107 Å². The minimum absolute atomic E-state index is 0.0108. The molecule has 2 heterocycles. The van der Waals surface area contributed by atoms with Crippen molar-refractivity contribution >= 4 is 35.1 Å². The third-order valence-corrected chi connectivity index (χ3v) is 7.62. The molecule has 33 heavy (non-hydrogen) atoms. The summed E-state index contributed by atoms with van der Waals surface area (Å²) in [6.45, 7) is 0.405. The van der Waals surface area contributed by atoms with Gasteiger partial charge in [0.1, 0.15) is 0 Å². The number of amides is 1. The van der Waals surface area contributed by atoms with Crippen LogP contribution in [-0.2, 0) is 11.3 Å². The monoisotopic (exact) mass is 474 g/mol. The molecule has 5 rings (SSSR count). The second kappa shape index (κ2) is 9.72. The van der Waals surface area contributed by atoms with Crippen LogP contribution in [0.15, 0.2) is 99.8 Å². The Bertz CT molecular complexity index is 1300. The molecule has 0 spiro atoms. The van der Waals surface area contributed by atoms with Gasteiger partial charge in [-0.3, -0.25) is 9.36 Å². The molecule has 4 aromatic rings. The SMILES string of the molecule is O=C(CSc1n[nH]c(=O)n1Cc1ccccc1)N1c2ccccc2SC[C@H]1c1ccccc1. The summed E-state index contributed by atoms with van der Waals surface area (Å²) in [6.07, 6.45) is 0. The highest BCUT2D eigenvalue weighted by Gasteiger charge is 2.32. The van der Waals surface area contributed by atoms with Crippen molar-refractivity contribution in [1.82, 2.24) is 14.8 Å². The van der Waals surface area contributed by atoms with E-state index in [0.29, 0.717) is 11.7 Å². The smallest absolute Gasteiger partial charge is 0.302 e. The lowest BCUT2D eigenvalue weighted by Gasteiger charge is -2.37. The predicted molar refractivity (Wildman–Crippen MR) is 133 cm³/mol. The molecule has 0 aliphatic carbocycles. The largest absolute Gasteiger partial charge is 0.344 e. The summed E-state index contributed by atoms with van der Waals surface area (Å²) in [7, 11) is 0. The van der Waals surface area contributed by atoms with E-state index in [9.17, 15) is 9.59 Å². The number of H-pyrrole nitrogens is 1. The first-order valence-electron chi connectivity index (χ1n) is 10.6. The van der Waals surface area contributed by atoms with Gasteiger partial charge in [0.25, 0.3) is 0 Å². The van der Waals surface area contributed by atoms with Gasteiger partial charge < -0.3 is 4.90 Å². The molecule has 0 radical (unpaired) electrons. The molecule has 8 heteroatoms. The van der Waals surface area contributed by atoms with Gasteiger partial charge in [0.15, 0.2) is 5.16 Å². The molecule has 0 unspecified atom stereocenters. The van der Waals surface area contributed by atoms with Gasteiger partial charge in [-0.15, -0.1) is 16.9 Å². The summed E-state index contributed by atoms with van der Waals surface area (Å²) in [5, 5.41) is 7.19. The van der Waals surface area contributed by atoms with Gasteiger partial charge in [-0.1, -0.05) is 84.6 Å². The summed E-state index contributed by atoms with van der Waals surface area (Å²) >= 11 is 3.05. The van der Waals surface area contributed by atoms with E-state index in [1.165, 1.54) is 11.8 Å². The van der Waals surface area contributed by atoms with Crippen molar-refractivity contribution in [3.63, 3.8) is 0 Å². The topological polar surface area (TPSA) is 71.0 Å². The average molecular weight is 475 g/mol. The first kappa shape index (κ1) is 21.6. The Labute approximate surface area is 200 Å². The number of hydrogen-bond acceptors (Lipinski definition) is 5. The molecular weight excluding hydrogens is 452 g/mol. The van der Waals surface area contributed by atoms with Crippen molar-refractivity contribution in [2.24, 2.45) is 0 Å². The fourth-order valence-corrected chi connectivity index (χ4v) is 5.91. The number of thioether (sulfide) groups is 2. The lowest BCUT2D eigenvalue weighted by Crippen LogP contribution is -2.39.